The second-order valence-corrected chi connectivity index (χ2v) is 4.31. The Morgan fingerprint density at radius 1 is 1.27 bits per heavy atom. The molecule has 1 atom stereocenters. The van der Waals surface area contributed by atoms with Gasteiger partial charge in [-0.15, -0.1) is 0 Å². The van der Waals surface area contributed by atoms with Crippen molar-refractivity contribution in [3.8, 4) is 0 Å². The summed E-state index contributed by atoms with van der Waals surface area (Å²) < 4.78 is 5.79. The molecule has 0 radical (unpaired) electrons. The molecule has 2 heteroatoms. The molecule has 1 aromatic rings. The van der Waals surface area contributed by atoms with Crippen molar-refractivity contribution >= 4 is 0 Å². The van der Waals surface area contributed by atoms with E-state index in [1.807, 2.05) is 12.1 Å². The van der Waals surface area contributed by atoms with E-state index in [4.69, 9.17) is 10.5 Å². The van der Waals surface area contributed by atoms with Gasteiger partial charge in [0.15, 0.2) is 0 Å². The minimum atomic E-state index is 0.0357. The Balaban J connectivity index is 2.70. The average molecular weight is 207 g/mol. The van der Waals surface area contributed by atoms with Crippen LogP contribution in [0.4, 0.5) is 0 Å². The fourth-order valence-corrected chi connectivity index (χ4v) is 1.54. The highest BCUT2D eigenvalue weighted by Gasteiger charge is 2.12. The van der Waals surface area contributed by atoms with Crippen LogP contribution >= 0.6 is 0 Å². The molecule has 0 aromatic heterocycles. The Hall–Kier alpha value is -0.860. The highest BCUT2D eigenvalue weighted by atomic mass is 16.5. The van der Waals surface area contributed by atoms with Crippen molar-refractivity contribution in [1.29, 1.82) is 0 Å². The predicted octanol–water partition coefficient (Wildman–Crippen LogP) is 2.67. The molecule has 0 heterocycles. The first-order chi connectivity index (χ1) is 7.15. The molecule has 1 aromatic carbocycles. The van der Waals surface area contributed by atoms with Gasteiger partial charge in [-0.3, -0.25) is 0 Å². The standard InChI is InChI=1S/C13H21NO/c1-10(2)9-15-13(8-14)12-7-5-4-6-11(12)3/h4-7,10,13H,8-9,14H2,1-3H3. The molecule has 15 heavy (non-hydrogen) atoms. The number of benzene rings is 1. The van der Waals surface area contributed by atoms with E-state index < -0.39 is 0 Å². The smallest absolute Gasteiger partial charge is 0.0949 e. The fraction of sp³-hybridized carbons (Fsp3) is 0.538. The van der Waals surface area contributed by atoms with Gasteiger partial charge < -0.3 is 10.5 Å². The van der Waals surface area contributed by atoms with Crippen LogP contribution < -0.4 is 5.73 Å². The second kappa shape index (κ2) is 5.89. The molecule has 0 amide bonds. The third-order valence-corrected chi connectivity index (χ3v) is 2.38. The summed E-state index contributed by atoms with van der Waals surface area (Å²) in [5, 5.41) is 0. The Morgan fingerprint density at radius 3 is 2.47 bits per heavy atom. The van der Waals surface area contributed by atoms with Crippen LogP contribution in [0, 0.1) is 12.8 Å². The molecule has 0 fully saturated rings. The zero-order valence-electron chi connectivity index (χ0n) is 9.86. The predicted molar refractivity (Wildman–Crippen MR) is 63.8 cm³/mol. The second-order valence-electron chi connectivity index (χ2n) is 4.31. The van der Waals surface area contributed by atoms with Crippen LogP contribution in [0.15, 0.2) is 24.3 Å². The fourth-order valence-electron chi connectivity index (χ4n) is 1.54. The lowest BCUT2D eigenvalue weighted by Crippen LogP contribution is -2.18. The van der Waals surface area contributed by atoms with E-state index in [-0.39, 0.29) is 6.10 Å². The first-order valence-corrected chi connectivity index (χ1v) is 5.52. The SMILES string of the molecule is Cc1ccccc1C(CN)OCC(C)C. The molecule has 0 bridgehead atoms. The summed E-state index contributed by atoms with van der Waals surface area (Å²) >= 11 is 0. The van der Waals surface area contributed by atoms with Gasteiger partial charge in [0.05, 0.1) is 6.10 Å². The summed E-state index contributed by atoms with van der Waals surface area (Å²) in [5.74, 6) is 0.545. The molecule has 0 aliphatic rings. The first-order valence-electron chi connectivity index (χ1n) is 5.52. The number of nitrogens with two attached hydrogens (primary N) is 1. The van der Waals surface area contributed by atoms with Crippen molar-refractivity contribution in [1.82, 2.24) is 0 Å². The first kappa shape index (κ1) is 12.2. The zero-order valence-corrected chi connectivity index (χ0v) is 9.86. The van der Waals surface area contributed by atoms with Crippen molar-refractivity contribution in [3.05, 3.63) is 35.4 Å². The van der Waals surface area contributed by atoms with Crippen LogP contribution in [-0.2, 0) is 4.74 Å². The molecule has 1 unspecified atom stereocenters. The summed E-state index contributed by atoms with van der Waals surface area (Å²) in [5.41, 5.74) is 8.19. The lowest BCUT2D eigenvalue weighted by atomic mass is 10.0. The van der Waals surface area contributed by atoms with E-state index in [0.717, 1.165) is 6.61 Å². The normalized spacial score (nSPS) is 13.1. The maximum Gasteiger partial charge on any atom is 0.0949 e. The maximum absolute atomic E-state index is 5.79. The monoisotopic (exact) mass is 207 g/mol. The van der Waals surface area contributed by atoms with E-state index >= 15 is 0 Å². The molecule has 0 aliphatic carbocycles. The Kier molecular flexibility index (Phi) is 4.79. The Bertz CT molecular complexity index is 296. The van der Waals surface area contributed by atoms with Crippen LogP contribution in [0.3, 0.4) is 0 Å². The third kappa shape index (κ3) is 3.65. The molecule has 0 spiro atoms. The van der Waals surface area contributed by atoms with Gasteiger partial charge in [0.1, 0.15) is 0 Å². The summed E-state index contributed by atoms with van der Waals surface area (Å²) in [6.07, 6.45) is 0.0357. The van der Waals surface area contributed by atoms with E-state index in [1.165, 1.54) is 11.1 Å². The summed E-state index contributed by atoms with van der Waals surface area (Å²) in [6.45, 7) is 7.68. The van der Waals surface area contributed by atoms with Crippen molar-refractivity contribution in [3.63, 3.8) is 0 Å². The highest BCUT2D eigenvalue weighted by Crippen LogP contribution is 2.20. The van der Waals surface area contributed by atoms with E-state index in [2.05, 4.69) is 32.9 Å². The third-order valence-electron chi connectivity index (χ3n) is 2.38. The molecular formula is C13H21NO. The van der Waals surface area contributed by atoms with E-state index in [9.17, 15) is 0 Å². The average Bonchev–Trinajstić information content (AvgIpc) is 2.21. The molecule has 2 nitrogen and oxygen atoms in total. The maximum atomic E-state index is 5.79. The van der Waals surface area contributed by atoms with Gasteiger partial charge in [0.2, 0.25) is 0 Å². The molecule has 84 valence electrons. The number of ether oxygens (including phenoxy) is 1. The van der Waals surface area contributed by atoms with Gasteiger partial charge in [-0.1, -0.05) is 38.1 Å². The van der Waals surface area contributed by atoms with Crippen LogP contribution in [0.5, 0.6) is 0 Å². The topological polar surface area (TPSA) is 35.2 Å². The lowest BCUT2D eigenvalue weighted by molar-refractivity contribution is 0.0402. The lowest BCUT2D eigenvalue weighted by Gasteiger charge is -2.19. The van der Waals surface area contributed by atoms with Crippen molar-refractivity contribution < 1.29 is 4.74 Å². The minimum absolute atomic E-state index is 0.0357. The Morgan fingerprint density at radius 2 is 1.93 bits per heavy atom. The van der Waals surface area contributed by atoms with Crippen LogP contribution in [0.1, 0.15) is 31.1 Å². The highest BCUT2D eigenvalue weighted by molar-refractivity contribution is 5.27. The number of rotatable bonds is 5. The summed E-state index contributed by atoms with van der Waals surface area (Å²) in [4.78, 5) is 0. The quantitative estimate of drug-likeness (QED) is 0.805. The van der Waals surface area contributed by atoms with Gasteiger partial charge in [-0.2, -0.15) is 0 Å². The zero-order chi connectivity index (χ0) is 11.3. The van der Waals surface area contributed by atoms with Crippen LogP contribution in [-0.4, -0.2) is 13.2 Å². The summed E-state index contributed by atoms with van der Waals surface area (Å²) in [7, 11) is 0. The molecular weight excluding hydrogens is 186 g/mol. The van der Waals surface area contributed by atoms with Gasteiger partial charge in [-0.25, -0.2) is 0 Å². The van der Waals surface area contributed by atoms with Gasteiger partial charge in [0, 0.05) is 13.2 Å². The van der Waals surface area contributed by atoms with Gasteiger partial charge in [0.25, 0.3) is 0 Å². The largest absolute Gasteiger partial charge is 0.372 e. The van der Waals surface area contributed by atoms with Crippen LogP contribution in [0.2, 0.25) is 0 Å². The Labute approximate surface area is 92.4 Å². The van der Waals surface area contributed by atoms with Gasteiger partial charge >= 0.3 is 0 Å². The van der Waals surface area contributed by atoms with Crippen molar-refractivity contribution in [2.75, 3.05) is 13.2 Å². The molecule has 2 N–H and O–H groups in total. The van der Waals surface area contributed by atoms with Crippen molar-refractivity contribution in [2.24, 2.45) is 11.7 Å². The van der Waals surface area contributed by atoms with Crippen LogP contribution in [0.25, 0.3) is 0 Å². The molecule has 0 saturated carbocycles. The minimum Gasteiger partial charge on any atom is -0.372 e. The summed E-state index contributed by atoms with van der Waals surface area (Å²) in [6, 6.07) is 8.25. The number of aryl methyl sites for hydroxylation is 1. The van der Waals surface area contributed by atoms with Gasteiger partial charge in [-0.05, 0) is 24.0 Å². The number of hydrogen-bond donors (Lipinski definition) is 1. The molecule has 0 saturated heterocycles. The van der Waals surface area contributed by atoms with Crippen molar-refractivity contribution in [2.45, 2.75) is 26.9 Å². The van der Waals surface area contributed by atoms with E-state index in [1.54, 1.807) is 0 Å². The molecule has 0 aliphatic heterocycles. The van der Waals surface area contributed by atoms with E-state index in [0.29, 0.717) is 12.5 Å². The molecule has 1 rings (SSSR count). The number of hydrogen-bond acceptors (Lipinski definition) is 2.